The molecule has 29 heavy (non-hydrogen) atoms. The Bertz CT molecular complexity index is 1090. The Morgan fingerprint density at radius 2 is 1.86 bits per heavy atom. The van der Waals surface area contributed by atoms with E-state index in [0.29, 0.717) is 5.69 Å². The Kier molecular flexibility index (Phi) is 6.92. The number of sulfonamides is 1. The molecule has 0 spiro atoms. The quantitative estimate of drug-likeness (QED) is 0.552. The average molecular weight is 429 g/mol. The standard InChI is InChI=1S/C21H20N2O4S2/c1-16-7-9-18(10-8-16)21-23-19(15-28-21)14-27-20(24)13-22-29(25,26)12-11-17-5-3-2-4-6-17/h2-12,15,22H,13-14H2,1H3/b12-11+. The van der Waals surface area contributed by atoms with Crippen LogP contribution < -0.4 is 4.72 Å². The lowest BCUT2D eigenvalue weighted by molar-refractivity contribution is -0.143. The first kappa shape index (κ1) is 20.9. The molecule has 1 N–H and O–H groups in total. The Balaban J connectivity index is 1.47. The van der Waals surface area contributed by atoms with Gasteiger partial charge < -0.3 is 4.74 Å². The van der Waals surface area contributed by atoms with Crippen molar-refractivity contribution >= 4 is 33.4 Å². The molecule has 0 aliphatic heterocycles. The molecule has 0 atom stereocenters. The van der Waals surface area contributed by atoms with Gasteiger partial charge in [0.15, 0.2) is 0 Å². The summed E-state index contributed by atoms with van der Waals surface area (Å²) in [5, 5.41) is 3.67. The molecule has 150 valence electrons. The molecule has 0 unspecified atom stereocenters. The van der Waals surface area contributed by atoms with Crippen LogP contribution >= 0.6 is 11.3 Å². The number of thiazole rings is 1. The van der Waals surface area contributed by atoms with Gasteiger partial charge in [-0.15, -0.1) is 11.3 Å². The first-order valence-electron chi connectivity index (χ1n) is 8.81. The maximum absolute atomic E-state index is 12.0. The normalized spacial score (nSPS) is 11.6. The van der Waals surface area contributed by atoms with Crippen LogP contribution in [0, 0.1) is 6.92 Å². The van der Waals surface area contributed by atoms with Gasteiger partial charge in [-0.2, -0.15) is 0 Å². The number of carbonyl (C=O) groups excluding carboxylic acids is 1. The van der Waals surface area contributed by atoms with Gasteiger partial charge >= 0.3 is 5.97 Å². The van der Waals surface area contributed by atoms with Gasteiger partial charge in [0.2, 0.25) is 10.0 Å². The monoisotopic (exact) mass is 428 g/mol. The SMILES string of the molecule is Cc1ccc(-c2nc(COC(=O)CNS(=O)(=O)/C=C/c3ccccc3)cs2)cc1. The fraction of sp³-hybridized carbons (Fsp3) is 0.143. The molecule has 8 heteroatoms. The number of aromatic nitrogens is 1. The fourth-order valence-electron chi connectivity index (χ4n) is 2.35. The van der Waals surface area contributed by atoms with Gasteiger partial charge in [0.05, 0.1) is 5.69 Å². The lowest BCUT2D eigenvalue weighted by Crippen LogP contribution is -2.29. The second-order valence-electron chi connectivity index (χ2n) is 6.25. The lowest BCUT2D eigenvalue weighted by Gasteiger charge is -2.04. The van der Waals surface area contributed by atoms with Gasteiger partial charge in [-0.1, -0.05) is 60.2 Å². The maximum Gasteiger partial charge on any atom is 0.321 e. The number of nitrogens with one attached hydrogen (secondary N) is 1. The molecule has 0 amide bonds. The highest BCUT2D eigenvalue weighted by atomic mass is 32.2. The molecular weight excluding hydrogens is 408 g/mol. The van der Waals surface area contributed by atoms with Crippen LogP contribution in [0.4, 0.5) is 0 Å². The first-order valence-corrected chi connectivity index (χ1v) is 11.2. The zero-order chi connectivity index (χ0) is 20.7. The molecule has 6 nitrogen and oxygen atoms in total. The summed E-state index contributed by atoms with van der Waals surface area (Å²) in [7, 11) is -3.74. The van der Waals surface area contributed by atoms with E-state index in [2.05, 4.69) is 9.71 Å². The highest BCUT2D eigenvalue weighted by Crippen LogP contribution is 2.24. The van der Waals surface area contributed by atoms with Crippen molar-refractivity contribution in [2.75, 3.05) is 6.54 Å². The third-order valence-electron chi connectivity index (χ3n) is 3.89. The molecule has 1 heterocycles. The van der Waals surface area contributed by atoms with Crippen LogP contribution in [0.3, 0.4) is 0 Å². The van der Waals surface area contributed by atoms with E-state index in [1.54, 1.807) is 24.3 Å². The Morgan fingerprint density at radius 1 is 1.14 bits per heavy atom. The Labute approximate surface area is 173 Å². The van der Waals surface area contributed by atoms with Gasteiger partial charge in [0, 0.05) is 16.4 Å². The predicted molar refractivity (Wildman–Crippen MR) is 114 cm³/mol. The number of esters is 1. The summed E-state index contributed by atoms with van der Waals surface area (Å²) in [6, 6.07) is 17.0. The van der Waals surface area contributed by atoms with Crippen molar-refractivity contribution in [2.24, 2.45) is 0 Å². The lowest BCUT2D eigenvalue weighted by atomic mass is 10.2. The van der Waals surface area contributed by atoms with Gasteiger partial charge in [0.25, 0.3) is 0 Å². The molecule has 0 aliphatic carbocycles. The molecule has 0 radical (unpaired) electrons. The summed E-state index contributed by atoms with van der Waals surface area (Å²) in [6.45, 7) is 1.56. The van der Waals surface area contributed by atoms with Crippen LogP contribution in [-0.4, -0.2) is 25.9 Å². The van der Waals surface area contributed by atoms with Crippen molar-refractivity contribution < 1.29 is 17.9 Å². The number of rotatable bonds is 8. The molecule has 3 rings (SSSR count). The summed E-state index contributed by atoms with van der Waals surface area (Å²) in [5.41, 5.74) is 3.52. The smallest absolute Gasteiger partial charge is 0.321 e. The fourth-order valence-corrected chi connectivity index (χ4v) is 3.91. The largest absolute Gasteiger partial charge is 0.458 e. The Morgan fingerprint density at radius 3 is 2.59 bits per heavy atom. The molecule has 0 bridgehead atoms. The van der Waals surface area contributed by atoms with E-state index < -0.39 is 22.5 Å². The van der Waals surface area contributed by atoms with Crippen molar-refractivity contribution in [3.63, 3.8) is 0 Å². The van der Waals surface area contributed by atoms with Crippen molar-refractivity contribution in [3.8, 4) is 10.6 Å². The van der Waals surface area contributed by atoms with E-state index in [0.717, 1.165) is 21.5 Å². The van der Waals surface area contributed by atoms with E-state index in [1.165, 1.54) is 23.0 Å². The minimum atomic E-state index is -3.74. The molecule has 0 saturated heterocycles. The van der Waals surface area contributed by atoms with E-state index >= 15 is 0 Å². The summed E-state index contributed by atoms with van der Waals surface area (Å²) in [5.74, 6) is -0.674. The molecule has 2 aromatic carbocycles. The molecule has 0 aliphatic rings. The molecule has 0 saturated carbocycles. The van der Waals surface area contributed by atoms with Gasteiger partial charge in [0.1, 0.15) is 18.2 Å². The molecule has 3 aromatic rings. The van der Waals surface area contributed by atoms with E-state index in [-0.39, 0.29) is 6.61 Å². The van der Waals surface area contributed by atoms with Crippen LogP contribution in [-0.2, 0) is 26.2 Å². The van der Waals surface area contributed by atoms with E-state index in [9.17, 15) is 13.2 Å². The topological polar surface area (TPSA) is 85.4 Å². The van der Waals surface area contributed by atoms with Gasteiger partial charge in [-0.05, 0) is 18.6 Å². The number of nitrogens with zero attached hydrogens (tertiary/aromatic N) is 1. The van der Waals surface area contributed by atoms with Crippen LogP contribution in [0.2, 0.25) is 0 Å². The molecule has 0 fully saturated rings. The average Bonchev–Trinajstić information content (AvgIpc) is 3.20. The Hall–Kier alpha value is -2.81. The van der Waals surface area contributed by atoms with Crippen LogP contribution in [0.15, 0.2) is 65.4 Å². The van der Waals surface area contributed by atoms with Gasteiger partial charge in [-0.25, -0.2) is 18.1 Å². The van der Waals surface area contributed by atoms with Gasteiger partial charge in [-0.3, -0.25) is 4.79 Å². The number of ether oxygens (including phenoxy) is 1. The number of aryl methyl sites for hydroxylation is 1. The van der Waals surface area contributed by atoms with E-state index in [4.69, 9.17) is 4.74 Å². The highest BCUT2D eigenvalue weighted by molar-refractivity contribution is 7.92. The summed E-state index contributed by atoms with van der Waals surface area (Å²) >= 11 is 1.46. The highest BCUT2D eigenvalue weighted by Gasteiger charge is 2.11. The van der Waals surface area contributed by atoms with Crippen molar-refractivity contribution in [2.45, 2.75) is 13.5 Å². The minimum Gasteiger partial charge on any atom is -0.458 e. The molecule has 1 aromatic heterocycles. The number of benzene rings is 2. The number of carbonyl (C=O) groups is 1. The second-order valence-corrected chi connectivity index (χ2v) is 8.76. The predicted octanol–water partition coefficient (Wildman–Crippen LogP) is 3.75. The van der Waals surface area contributed by atoms with Crippen molar-refractivity contribution in [1.29, 1.82) is 0 Å². The number of hydrogen-bond acceptors (Lipinski definition) is 6. The molecular formula is C21H20N2O4S2. The van der Waals surface area contributed by atoms with Crippen LogP contribution in [0.5, 0.6) is 0 Å². The van der Waals surface area contributed by atoms with Crippen molar-refractivity contribution in [3.05, 3.63) is 82.2 Å². The maximum atomic E-state index is 12.0. The minimum absolute atomic E-state index is 0.0111. The van der Waals surface area contributed by atoms with Crippen LogP contribution in [0.1, 0.15) is 16.8 Å². The summed E-state index contributed by atoms with van der Waals surface area (Å²) in [4.78, 5) is 16.3. The number of hydrogen-bond donors (Lipinski definition) is 1. The van der Waals surface area contributed by atoms with Crippen LogP contribution in [0.25, 0.3) is 16.6 Å². The third kappa shape index (κ3) is 6.63. The summed E-state index contributed by atoms with van der Waals surface area (Å²) < 4.78 is 31.2. The van der Waals surface area contributed by atoms with E-state index in [1.807, 2.05) is 42.6 Å². The third-order valence-corrected chi connectivity index (χ3v) is 5.87. The van der Waals surface area contributed by atoms with Crippen molar-refractivity contribution in [1.82, 2.24) is 9.71 Å². The first-order chi connectivity index (χ1) is 13.9. The zero-order valence-corrected chi connectivity index (χ0v) is 17.4. The summed E-state index contributed by atoms with van der Waals surface area (Å²) in [6.07, 6.45) is 1.45. The zero-order valence-electron chi connectivity index (χ0n) is 15.7. The second kappa shape index (κ2) is 9.60.